The highest BCUT2D eigenvalue weighted by atomic mass is 127. The summed E-state index contributed by atoms with van der Waals surface area (Å²) in [6, 6.07) is 0.893. The van der Waals surface area contributed by atoms with Gasteiger partial charge in [0.2, 0.25) is 0 Å². The van der Waals surface area contributed by atoms with Crippen LogP contribution in [0.2, 0.25) is 0 Å². The van der Waals surface area contributed by atoms with Gasteiger partial charge in [0.15, 0.2) is 0 Å². The van der Waals surface area contributed by atoms with Crippen molar-refractivity contribution < 1.29 is 0 Å². The van der Waals surface area contributed by atoms with Crippen LogP contribution in [-0.4, -0.2) is 40.7 Å². The van der Waals surface area contributed by atoms with Gasteiger partial charge in [-0.25, -0.2) is 3.11 Å². The van der Waals surface area contributed by atoms with Gasteiger partial charge in [0.05, 0.1) is 0 Å². The van der Waals surface area contributed by atoms with Crippen LogP contribution in [0.1, 0.15) is 19.3 Å². The zero-order chi connectivity index (χ0) is 8.55. The molecule has 0 bridgehead atoms. The van der Waals surface area contributed by atoms with E-state index >= 15 is 0 Å². The van der Waals surface area contributed by atoms with Crippen molar-refractivity contribution in [2.75, 3.05) is 26.7 Å². The van der Waals surface area contributed by atoms with Crippen molar-refractivity contribution in [3.63, 3.8) is 0 Å². The molecule has 0 amide bonds. The van der Waals surface area contributed by atoms with Gasteiger partial charge in [0.1, 0.15) is 0 Å². The standard InChI is InChI=1S/C9H17IN2/c1-11-5-2-3-8-7-12(10)6-4-9(8)11/h8-9H,2-7H2,1H3. The monoisotopic (exact) mass is 280 g/mol. The number of rotatable bonds is 0. The van der Waals surface area contributed by atoms with Crippen molar-refractivity contribution in [2.45, 2.75) is 25.3 Å². The van der Waals surface area contributed by atoms with Crippen LogP contribution >= 0.6 is 22.9 Å². The summed E-state index contributed by atoms with van der Waals surface area (Å²) >= 11 is 2.47. The SMILES string of the molecule is CN1CCCC2CN(I)CCC21. The van der Waals surface area contributed by atoms with Crippen molar-refractivity contribution >= 4 is 22.9 Å². The number of fused-ring (bicyclic) bond motifs is 1. The largest absolute Gasteiger partial charge is 0.303 e. The van der Waals surface area contributed by atoms with Gasteiger partial charge in [-0.3, -0.25) is 0 Å². The molecule has 0 saturated carbocycles. The summed E-state index contributed by atoms with van der Waals surface area (Å²) in [6.45, 7) is 3.92. The molecular formula is C9H17IN2. The number of nitrogens with zero attached hydrogens (tertiary/aromatic N) is 2. The van der Waals surface area contributed by atoms with Crippen LogP contribution in [-0.2, 0) is 0 Å². The van der Waals surface area contributed by atoms with Gasteiger partial charge in [-0.2, -0.15) is 0 Å². The molecular weight excluding hydrogens is 263 g/mol. The topological polar surface area (TPSA) is 6.48 Å². The number of hydrogen-bond donors (Lipinski definition) is 0. The Kier molecular flexibility index (Phi) is 2.92. The van der Waals surface area contributed by atoms with Gasteiger partial charge in [-0.1, -0.05) is 0 Å². The van der Waals surface area contributed by atoms with Crippen LogP contribution in [0.5, 0.6) is 0 Å². The van der Waals surface area contributed by atoms with E-state index < -0.39 is 0 Å². The van der Waals surface area contributed by atoms with Crippen molar-refractivity contribution in [3.8, 4) is 0 Å². The first-order chi connectivity index (χ1) is 5.77. The van der Waals surface area contributed by atoms with Gasteiger partial charge in [-0.15, -0.1) is 0 Å². The second-order valence-electron chi connectivity index (χ2n) is 4.11. The van der Waals surface area contributed by atoms with Crippen LogP contribution < -0.4 is 0 Å². The normalized spacial score (nSPS) is 39.5. The van der Waals surface area contributed by atoms with Gasteiger partial charge in [0.25, 0.3) is 0 Å². The maximum atomic E-state index is 2.57. The minimum absolute atomic E-state index is 0.893. The van der Waals surface area contributed by atoms with Crippen LogP contribution in [0, 0.1) is 5.92 Å². The Hall–Kier alpha value is 0.650. The molecule has 2 nitrogen and oxygen atoms in total. The van der Waals surface area contributed by atoms with E-state index in [1.165, 1.54) is 38.9 Å². The summed E-state index contributed by atoms with van der Waals surface area (Å²) in [7, 11) is 2.29. The summed E-state index contributed by atoms with van der Waals surface area (Å²) in [5.41, 5.74) is 0. The fraction of sp³-hybridized carbons (Fsp3) is 1.00. The first-order valence-electron chi connectivity index (χ1n) is 4.88. The molecule has 2 heterocycles. The summed E-state index contributed by atoms with van der Waals surface area (Å²) in [5.74, 6) is 0.953. The maximum absolute atomic E-state index is 2.57. The molecule has 0 aromatic rings. The van der Waals surface area contributed by atoms with Crippen molar-refractivity contribution in [1.29, 1.82) is 0 Å². The van der Waals surface area contributed by atoms with Crippen LogP contribution in [0.25, 0.3) is 0 Å². The smallest absolute Gasteiger partial charge is 0.0201 e. The van der Waals surface area contributed by atoms with E-state index in [2.05, 4.69) is 37.9 Å². The summed E-state index contributed by atoms with van der Waals surface area (Å²) in [4.78, 5) is 2.57. The molecule has 2 fully saturated rings. The Balaban J connectivity index is 1.99. The van der Waals surface area contributed by atoms with Gasteiger partial charge in [-0.05, 0) is 38.8 Å². The van der Waals surface area contributed by atoms with E-state index in [4.69, 9.17) is 0 Å². The lowest BCUT2D eigenvalue weighted by atomic mass is 9.85. The summed E-state index contributed by atoms with van der Waals surface area (Å²) < 4.78 is 2.46. The quantitative estimate of drug-likeness (QED) is 0.493. The highest BCUT2D eigenvalue weighted by Gasteiger charge is 2.33. The molecule has 0 aliphatic carbocycles. The lowest BCUT2D eigenvalue weighted by molar-refractivity contribution is 0.0750. The second-order valence-corrected chi connectivity index (χ2v) is 5.47. The molecule has 0 spiro atoms. The average Bonchev–Trinajstić information content (AvgIpc) is 2.04. The molecule has 2 saturated heterocycles. The first kappa shape index (κ1) is 9.21. The third-order valence-electron chi connectivity index (χ3n) is 3.30. The number of piperidine rings is 2. The number of likely N-dealkylation sites (tertiary alicyclic amines) is 1. The highest BCUT2D eigenvalue weighted by Crippen LogP contribution is 2.30. The Morgan fingerprint density at radius 1 is 1.25 bits per heavy atom. The Bertz CT molecular complexity index is 163. The third kappa shape index (κ3) is 1.77. The van der Waals surface area contributed by atoms with Crippen molar-refractivity contribution in [1.82, 2.24) is 8.01 Å². The number of hydrogen-bond acceptors (Lipinski definition) is 2. The van der Waals surface area contributed by atoms with E-state index in [0.717, 1.165) is 12.0 Å². The maximum Gasteiger partial charge on any atom is 0.0201 e. The van der Waals surface area contributed by atoms with Crippen LogP contribution in [0.15, 0.2) is 0 Å². The third-order valence-corrected chi connectivity index (χ3v) is 4.17. The zero-order valence-electron chi connectivity index (χ0n) is 7.67. The second kappa shape index (κ2) is 3.80. The predicted octanol–water partition coefficient (Wildman–Crippen LogP) is 1.75. The van der Waals surface area contributed by atoms with E-state index in [9.17, 15) is 0 Å². The van der Waals surface area contributed by atoms with E-state index in [1.54, 1.807) is 0 Å². The molecule has 3 heteroatoms. The van der Waals surface area contributed by atoms with Gasteiger partial charge in [0, 0.05) is 42.0 Å². The van der Waals surface area contributed by atoms with E-state index in [0.29, 0.717) is 0 Å². The fourth-order valence-corrected chi connectivity index (χ4v) is 3.39. The molecule has 0 aromatic heterocycles. The summed E-state index contributed by atoms with van der Waals surface area (Å²) in [5, 5.41) is 0. The molecule has 0 radical (unpaired) electrons. The molecule has 2 atom stereocenters. The zero-order valence-corrected chi connectivity index (χ0v) is 9.83. The Labute approximate surface area is 88.8 Å². The lowest BCUT2D eigenvalue weighted by Gasteiger charge is -2.44. The molecule has 0 aromatic carbocycles. The van der Waals surface area contributed by atoms with Crippen molar-refractivity contribution in [2.24, 2.45) is 5.92 Å². The molecule has 2 rings (SSSR count). The molecule has 2 aliphatic rings. The molecule has 70 valence electrons. The molecule has 0 N–H and O–H groups in total. The minimum Gasteiger partial charge on any atom is -0.303 e. The first-order valence-corrected chi connectivity index (χ1v) is 5.85. The van der Waals surface area contributed by atoms with Crippen LogP contribution in [0.3, 0.4) is 0 Å². The van der Waals surface area contributed by atoms with Gasteiger partial charge < -0.3 is 4.90 Å². The Morgan fingerprint density at radius 3 is 2.92 bits per heavy atom. The molecule has 12 heavy (non-hydrogen) atoms. The summed E-state index contributed by atoms with van der Waals surface area (Å²) in [6.07, 6.45) is 4.24. The fourth-order valence-electron chi connectivity index (χ4n) is 2.61. The average molecular weight is 280 g/mol. The molecule has 2 aliphatic heterocycles. The highest BCUT2D eigenvalue weighted by molar-refractivity contribution is 14.1. The predicted molar refractivity (Wildman–Crippen MR) is 59.4 cm³/mol. The van der Waals surface area contributed by atoms with E-state index in [1.807, 2.05) is 0 Å². The Morgan fingerprint density at radius 2 is 2.08 bits per heavy atom. The van der Waals surface area contributed by atoms with Crippen LogP contribution in [0.4, 0.5) is 0 Å². The van der Waals surface area contributed by atoms with E-state index in [-0.39, 0.29) is 0 Å². The lowest BCUT2D eigenvalue weighted by Crippen LogP contribution is -2.50. The molecule has 2 unspecified atom stereocenters. The minimum atomic E-state index is 0.893. The van der Waals surface area contributed by atoms with Crippen molar-refractivity contribution in [3.05, 3.63) is 0 Å². The van der Waals surface area contributed by atoms with Gasteiger partial charge >= 0.3 is 0 Å². The number of halogens is 1.